The summed E-state index contributed by atoms with van der Waals surface area (Å²) < 4.78 is 5.50. The molecular weight excluding hydrogens is 314 g/mol. The Morgan fingerprint density at radius 1 is 1.08 bits per heavy atom. The molecule has 0 spiro atoms. The van der Waals surface area contributed by atoms with E-state index in [-0.39, 0.29) is 0 Å². The molecule has 1 N–H and O–H groups in total. The van der Waals surface area contributed by atoms with Crippen LogP contribution in [0, 0.1) is 5.92 Å². The lowest BCUT2D eigenvalue weighted by Gasteiger charge is -2.27. The van der Waals surface area contributed by atoms with Crippen LogP contribution in [0.1, 0.15) is 32.6 Å². The average Bonchev–Trinajstić information content (AvgIpc) is 2.63. The van der Waals surface area contributed by atoms with Gasteiger partial charge in [0, 0.05) is 38.1 Å². The second-order valence-electron chi connectivity index (χ2n) is 7.02. The predicted molar refractivity (Wildman–Crippen MR) is 101 cm³/mol. The highest BCUT2D eigenvalue weighted by atomic mass is 16.5. The van der Waals surface area contributed by atoms with Crippen LogP contribution in [0.25, 0.3) is 11.1 Å². The monoisotopic (exact) mass is 341 g/mol. The molecule has 3 rings (SSSR count). The zero-order valence-corrected chi connectivity index (χ0v) is 15.5. The van der Waals surface area contributed by atoms with Crippen molar-refractivity contribution >= 4 is 11.8 Å². The maximum Gasteiger partial charge on any atom is 0.226 e. The zero-order chi connectivity index (χ0) is 17.8. The minimum atomic E-state index is 0.452. The molecule has 1 saturated carbocycles. The third-order valence-corrected chi connectivity index (χ3v) is 4.81. The minimum Gasteiger partial charge on any atom is -0.480 e. The molecule has 6 heteroatoms. The van der Waals surface area contributed by atoms with Crippen LogP contribution < -0.4 is 15.0 Å². The lowest BCUT2D eigenvalue weighted by molar-refractivity contribution is 0.359. The van der Waals surface area contributed by atoms with Gasteiger partial charge in [-0.25, -0.2) is 9.97 Å². The first kappa shape index (κ1) is 17.5. The quantitative estimate of drug-likeness (QED) is 0.896. The number of nitrogens with one attached hydrogen (secondary N) is 1. The average molecular weight is 341 g/mol. The van der Waals surface area contributed by atoms with E-state index in [0.717, 1.165) is 22.9 Å². The molecule has 2 aromatic heterocycles. The number of nitrogens with zero attached hydrogens (tertiary/aromatic N) is 4. The van der Waals surface area contributed by atoms with Crippen molar-refractivity contribution in [3.63, 3.8) is 0 Å². The number of hydrogen-bond acceptors (Lipinski definition) is 6. The molecule has 0 unspecified atom stereocenters. The van der Waals surface area contributed by atoms with Gasteiger partial charge in [0.2, 0.25) is 11.8 Å². The summed E-state index contributed by atoms with van der Waals surface area (Å²) in [7, 11) is 5.58. The van der Waals surface area contributed by atoms with Crippen molar-refractivity contribution in [1.29, 1.82) is 0 Å². The van der Waals surface area contributed by atoms with Crippen LogP contribution in [0.3, 0.4) is 0 Å². The smallest absolute Gasteiger partial charge is 0.226 e. The van der Waals surface area contributed by atoms with Gasteiger partial charge in [-0.1, -0.05) is 6.92 Å². The summed E-state index contributed by atoms with van der Waals surface area (Å²) in [5.41, 5.74) is 1.80. The molecule has 25 heavy (non-hydrogen) atoms. The van der Waals surface area contributed by atoms with E-state index in [1.165, 1.54) is 25.7 Å². The number of methoxy groups -OCH3 is 1. The molecule has 0 aromatic carbocycles. The Kier molecular flexibility index (Phi) is 5.36. The SMILES string of the molecule is COc1nc(N[C@H]2CC[C@H](C)CC2)ncc1-c1ccc(N(C)C)nc1. The molecule has 2 heterocycles. The molecule has 1 fully saturated rings. The first-order valence-electron chi connectivity index (χ1n) is 8.88. The first-order chi connectivity index (χ1) is 12.1. The van der Waals surface area contributed by atoms with E-state index in [0.29, 0.717) is 17.9 Å². The summed E-state index contributed by atoms with van der Waals surface area (Å²) >= 11 is 0. The Balaban J connectivity index is 1.77. The summed E-state index contributed by atoms with van der Waals surface area (Å²) in [6.07, 6.45) is 8.50. The Hall–Kier alpha value is -2.37. The fraction of sp³-hybridized carbons (Fsp3) is 0.526. The Labute approximate surface area is 149 Å². The summed E-state index contributed by atoms with van der Waals surface area (Å²) in [6.45, 7) is 2.32. The van der Waals surface area contributed by atoms with Crippen LogP contribution in [0.15, 0.2) is 24.5 Å². The van der Waals surface area contributed by atoms with Crippen LogP contribution in [0.5, 0.6) is 5.88 Å². The topological polar surface area (TPSA) is 63.2 Å². The highest BCUT2D eigenvalue weighted by Gasteiger charge is 2.19. The van der Waals surface area contributed by atoms with Crippen LogP contribution in [0.4, 0.5) is 11.8 Å². The van der Waals surface area contributed by atoms with Gasteiger partial charge in [0.05, 0.1) is 12.7 Å². The van der Waals surface area contributed by atoms with Crippen LogP contribution in [-0.4, -0.2) is 42.2 Å². The Morgan fingerprint density at radius 3 is 2.44 bits per heavy atom. The lowest BCUT2D eigenvalue weighted by atomic mass is 9.87. The van der Waals surface area contributed by atoms with Crippen molar-refractivity contribution in [1.82, 2.24) is 15.0 Å². The van der Waals surface area contributed by atoms with Crippen molar-refractivity contribution in [2.45, 2.75) is 38.6 Å². The Morgan fingerprint density at radius 2 is 1.84 bits per heavy atom. The summed E-state index contributed by atoms with van der Waals surface area (Å²) in [6, 6.07) is 4.44. The van der Waals surface area contributed by atoms with Gasteiger partial charge in [0.1, 0.15) is 5.82 Å². The van der Waals surface area contributed by atoms with Crippen molar-refractivity contribution in [3.05, 3.63) is 24.5 Å². The van der Waals surface area contributed by atoms with Gasteiger partial charge in [-0.15, -0.1) is 0 Å². The number of anilines is 2. The van der Waals surface area contributed by atoms with Gasteiger partial charge in [-0.05, 0) is 43.7 Å². The van der Waals surface area contributed by atoms with Crippen molar-refractivity contribution in [2.24, 2.45) is 5.92 Å². The maximum atomic E-state index is 5.50. The molecule has 0 radical (unpaired) electrons. The van der Waals surface area contributed by atoms with E-state index in [2.05, 4.69) is 27.2 Å². The molecular formula is C19H27N5O. The largest absolute Gasteiger partial charge is 0.480 e. The van der Waals surface area contributed by atoms with Crippen LogP contribution in [-0.2, 0) is 0 Å². The van der Waals surface area contributed by atoms with Crippen molar-refractivity contribution in [2.75, 3.05) is 31.4 Å². The molecule has 1 aliphatic carbocycles. The van der Waals surface area contributed by atoms with Gasteiger partial charge < -0.3 is 15.0 Å². The van der Waals surface area contributed by atoms with Crippen LogP contribution >= 0.6 is 0 Å². The maximum absolute atomic E-state index is 5.50. The van der Waals surface area contributed by atoms with E-state index in [9.17, 15) is 0 Å². The molecule has 6 nitrogen and oxygen atoms in total. The van der Waals surface area contributed by atoms with E-state index < -0.39 is 0 Å². The molecule has 0 bridgehead atoms. The van der Waals surface area contributed by atoms with E-state index >= 15 is 0 Å². The van der Waals surface area contributed by atoms with E-state index in [1.54, 1.807) is 7.11 Å². The first-order valence-corrected chi connectivity index (χ1v) is 8.88. The number of hydrogen-bond donors (Lipinski definition) is 1. The standard InChI is InChI=1S/C19H27N5O/c1-13-5-8-15(9-6-13)22-19-21-12-16(18(23-19)25-4)14-7-10-17(20-11-14)24(2)3/h7,10-13,15H,5-6,8-9H2,1-4H3,(H,21,22,23)/t13-,15-. The Bertz CT molecular complexity index is 693. The lowest BCUT2D eigenvalue weighted by Crippen LogP contribution is -2.26. The van der Waals surface area contributed by atoms with Crippen LogP contribution in [0.2, 0.25) is 0 Å². The third-order valence-electron chi connectivity index (χ3n) is 4.81. The normalized spacial score (nSPS) is 20.2. The summed E-state index contributed by atoms with van der Waals surface area (Å²) in [5, 5.41) is 3.45. The molecule has 0 atom stereocenters. The highest BCUT2D eigenvalue weighted by molar-refractivity contribution is 5.68. The van der Waals surface area contributed by atoms with E-state index in [1.807, 2.05) is 43.5 Å². The van der Waals surface area contributed by atoms with Gasteiger partial charge >= 0.3 is 0 Å². The van der Waals surface area contributed by atoms with Gasteiger partial charge in [-0.2, -0.15) is 4.98 Å². The number of ether oxygens (including phenoxy) is 1. The van der Waals surface area contributed by atoms with Gasteiger partial charge in [0.25, 0.3) is 0 Å². The predicted octanol–water partition coefficient (Wildman–Crippen LogP) is 3.60. The van der Waals surface area contributed by atoms with Gasteiger partial charge in [-0.3, -0.25) is 0 Å². The number of rotatable bonds is 5. The third kappa shape index (κ3) is 4.18. The molecule has 134 valence electrons. The second kappa shape index (κ2) is 7.68. The zero-order valence-electron chi connectivity index (χ0n) is 15.5. The van der Waals surface area contributed by atoms with Crippen molar-refractivity contribution < 1.29 is 4.74 Å². The van der Waals surface area contributed by atoms with Gasteiger partial charge in [0.15, 0.2) is 0 Å². The molecule has 0 amide bonds. The summed E-state index contributed by atoms with van der Waals surface area (Å²) in [4.78, 5) is 15.5. The molecule has 1 aliphatic rings. The highest BCUT2D eigenvalue weighted by Crippen LogP contribution is 2.30. The number of aromatic nitrogens is 3. The second-order valence-corrected chi connectivity index (χ2v) is 7.02. The fourth-order valence-corrected chi connectivity index (χ4v) is 3.19. The molecule has 2 aromatic rings. The fourth-order valence-electron chi connectivity index (χ4n) is 3.19. The summed E-state index contributed by atoms with van der Waals surface area (Å²) in [5.74, 6) is 2.95. The van der Waals surface area contributed by atoms with E-state index in [4.69, 9.17) is 4.74 Å². The van der Waals surface area contributed by atoms with Crippen molar-refractivity contribution in [3.8, 4) is 17.0 Å². The molecule has 0 aliphatic heterocycles. The molecule has 0 saturated heterocycles. The minimum absolute atomic E-state index is 0.452. The number of pyridine rings is 1.